The van der Waals surface area contributed by atoms with Crippen LogP contribution in [0.2, 0.25) is 0 Å². The Bertz CT molecular complexity index is 3080. The molecule has 6 fully saturated rings. The number of rotatable bonds is 14. The Kier molecular flexibility index (Phi) is 16.9. The van der Waals surface area contributed by atoms with Crippen molar-refractivity contribution >= 4 is 31.5 Å². The van der Waals surface area contributed by atoms with Crippen LogP contribution in [0.25, 0.3) is 22.3 Å². The number of nitrogens with zero attached hydrogens (tertiary/aromatic N) is 4. The van der Waals surface area contributed by atoms with Crippen LogP contribution in [0, 0.1) is 48.3 Å². The summed E-state index contributed by atoms with van der Waals surface area (Å²) in [6, 6.07) is 16.9. The average molecular weight is 1160 g/mol. The van der Waals surface area contributed by atoms with Gasteiger partial charge in [0.15, 0.2) is 19.7 Å². The van der Waals surface area contributed by atoms with Crippen molar-refractivity contribution in [2.45, 2.75) is 159 Å². The van der Waals surface area contributed by atoms with Gasteiger partial charge in [-0.3, -0.25) is 19.6 Å². The first-order chi connectivity index (χ1) is 37.8. The molecule has 0 radical (unpaired) electrons. The molecule has 24 heteroatoms. The van der Waals surface area contributed by atoms with E-state index in [1.165, 1.54) is 24.5 Å². The Hall–Kier alpha value is -6.02. The second-order valence-corrected chi connectivity index (χ2v) is 26.0. The fraction of sp³-hybridized carbons (Fsp3) is 0.536. The van der Waals surface area contributed by atoms with E-state index in [9.17, 15) is 63.3 Å². The molecule has 2 amide bonds. The number of nitriles is 2. The molecule has 2 aliphatic heterocycles. The first-order valence-corrected chi connectivity index (χ1v) is 29.6. The number of hydrogen-bond donors (Lipinski definition) is 2. The van der Waals surface area contributed by atoms with Gasteiger partial charge in [-0.25, -0.2) is 16.8 Å². The van der Waals surface area contributed by atoms with E-state index >= 15 is 0 Å². The minimum atomic E-state index is -4.93. The number of carbonyl (C=O) groups excluding carboxylic acids is 2. The van der Waals surface area contributed by atoms with Gasteiger partial charge in [-0.05, 0) is 162 Å². The molecule has 4 saturated carbocycles. The molecule has 0 spiro atoms. The Balaban J connectivity index is 0.000000194. The van der Waals surface area contributed by atoms with Crippen LogP contribution < -0.4 is 10.6 Å². The Morgan fingerprint density at radius 2 is 0.925 bits per heavy atom. The molecular formula is C56H60F6N6O10S2. The van der Waals surface area contributed by atoms with Gasteiger partial charge in [-0.15, -0.1) is 0 Å². The summed E-state index contributed by atoms with van der Waals surface area (Å²) >= 11 is 0. The van der Waals surface area contributed by atoms with Crippen molar-refractivity contribution in [1.82, 2.24) is 20.6 Å². The summed E-state index contributed by atoms with van der Waals surface area (Å²) in [5.41, 5.74) is -1.84. The number of nitrogens with one attached hydrogen (secondary N) is 2. The number of carbonyl (C=O) groups is 2. The summed E-state index contributed by atoms with van der Waals surface area (Å²) in [6.07, 6.45) is -5.46. The van der Waals surface area contributed by atoms with Crippen LogP contribution in [-0.4, -0.2) is 111 Å². The monoisotopic (exact) mass is 1150 g/mol. The Labute approximate surface area is 459 Å². The topological polar surface area (TPSA) is 237 Å². The highest BCUT2D eigenvalue weighted by Gasteiger charge is 2.54. The van der Waals surface area contributed by atoms with Crippen molar-refractivity contribution in [2.24, 2.45) is 11.8 Å². The highest BCUT2D eigenvalue weighted by molar-refractivity contribution is 7.92. The maximum Gasteiger partial charge on any atom is 0.417 e. The molecule has 4 aliphatic carbocycles. The first-order valence-electron chi connectivity index (χ1n) is 26.5. The lowest BCUT2D eigenvalue weighted by atomic mass is 10.0. The zero-order valence-corrected chi connectivity index (χ0v) is 45.4. The number of ether oxygens (including phenoxy) is 4. The summed E-state index contributed by atoms with van der Waals surface area (Å²) in [5, 5.41) is 21.7. The van der Waals surface area contributed by atoms with E-state index in [2.05, 4.69) is 32.7 Å². The fourth-order valence-corrected chi connectivity index (χ4v) is 15.0. The second-order valence-electron chi connectivity index (χ2n) is 21.6. The van der Waals surface area contributed by atoms with Crippen molar-refractivity contribution in [3.8, 4) is 34.4 Å². The van der Waals surface area contributed by atoms with Crippen LogP contribution in [-0.2, 0) is 60.6 Å². The fourth-order valence-electron chi connectivity index (χ4n) is 11.0. The summed E-state index contributed by atoms with van der Waals surface area (Å²) in [5.74, 6) is -2.84. The number of aromatic nitrogens is 2. The highest BCUT2D eigenvalue weighted by Crippen LogP contribution is 2.46. The van der Waals surface area contributed by atoms with Crippen LogP contribution in [0.1, 0.15) is 99.6 Å². The van der Waals surface area contributed by atoms with Crippen LogP contribution in [0.5, 0.6) is 0 Å². The van der Waals surface area contributed by atoms with Gasteiger partial charge in [-0.2, -0.15) is 36.9 Å². The number of pyridine rings is 2. The second kappa shape index (κ2) is 23.1. The molecule has 4 aromatic rings. The van der Waals surface area contributed by atoms with Crippen molar-refractivity contribution in [2.75, 3.05) is 26.4 Å². The number of hydrogen-bond acceptors (Lipinski definition) is 14. The predicted octanol–water partition coefficient (Wildman–Crippen LogP) is 8.73. The van der Waals surface area contributed by atoms with Gasteiger partial charge in [0, 0.05) is 50.2 Å². The van der Waals surface area contributed by atoms with E-state index < -0.39 is 110 Å². The Morgan fingerprint density at radius 3 is 1.24 bits per heavy atom. The lowest BCUT2D eigenvalue weighted by Crippen LogP contribution is -2.43. The van der Waals surface area contributed by atoms with Gasteiger partial charge in [0.25, 0.3) is 0 Å². The van der Waals surface area contributed by atoms with Crippen LogP contribution in [0.4, 0.5) is 26.3 Å². The molecule has 80 heavy (non-hydrogen) atoms. The van der Waals surface area contributed by atoms with E-state index in [0.717, 1.165) is 24.3 Å². The van der Waals surface area contributed by atoms with E-state index in [0.29, 0.717) is 100 Å². The summed E-state index contributed by atoms with van der Waals surface area (Å²) < 4.78 is 164. The van der Waals surface area contributed by atoms with Gasteiger partial charge in [0.2, 0.25) is 11.8 Å². The van der Waals surface area contributed by atoms with Crippen molar-refractivity contribution < 1.29 is 71.7 Å². The summed E-state index contributed by atoms with van der Waals surface area (Å²) in [6.45, 7) is 5.27. The van der Waals surface area contributed by atoms with Crippen molar-refractivity contribution in [3.63, 3.8) is 0 Å². The molecule has 2 saturated heterocycles. The largest absolute Gasteiger partial charge is 0.417 e. The molecule has 428 valence electrons. The van der Waals surface area contributed by atoms with Gasteiger partial charge in [0.05, 0.1) is 79.8 Å². The minimum absolute atomic E-state index is 0.125. The summed E-state index contributed by atoms with van der Waals surface area (Å²) in [7, 11) is -9.03. The molecule has 6 aliphatic rings. The number of halogens is 6. The lowest BCUT2D eigenvalue weighted by molar-refractivity contribution is -0.140. The average Bonchev–Trinajstić information content (AvgIpc) is 4.30. The molecule has 10 rings (SSSR count). The molecule has 2 aromatic carbocycles. The van der Waals surface area contributed by atoms with Crippen LogP contribution >= 0.6 is 0 Å². The molecule has 16 nitrogen and oxygen atoms in total. The zero-order valence-electron chi connectivity index (χ0n) is 43.8. The van der Waals surface area contributed by atoms with Gasteiger partial charge in [-0.1, -0.05) is 12.1 Å². The van der Waals surface area contributed by atoms with E-state index in [4.69, 9.17) is 18.9 Å². The van der Waals surface area contributed by atoms with Crippen LogP contribution in [0.15, 0.2) is 82.8 Å². The zero-order chi connectivity index (χ0) is 57.4. The quantitative estimate of drug-likeness (QED) is 0.112. The van der Waals surface area contributed by atoms with Gasteiger partial charge in [0.1, 0.15) is 11.1 Å². The maximum atomic E-state index is 14.3. The van der Waals surface area contributed by atoms with E-state index in [1.807, 2.05) is 0 Å². The van der Waals surface area contributed by atoms with Crippen LogP contribution in [0.3, 0.4) is 0 Å². The SMILES string of the molecule is Cc1cc(-c2ccc(S(=O)(=O)[C@@H]3C[C@H](OC4CCOCC4)[C@@H](C(=O)NC4(C#N)CC4)C3)c(C(F)(F)F)c2)ccn1.Cc1cc(-c2ccc(S(=O)(=O)[C@H]3C[C@@H](OC4CCOCC4)[C@H](C(=O)NC4(C#N)CC4)C3)c(C(F)(F)F)c2)ccn1. The number of sulfone groups is 2. The maximum absolute atomic E-state index is 14.3. The molecule has 0 bridgehead atoms. The lowest BCUT2D eigenvalue weighted by Gasteiger charge is -2.28. The molecule has 2 aromatic heterocycles. The third-order valence-corrected chi connectivity index (χ3v) is 20.3. The molecular weight excluding hydrogens is 1090 g/mol. The Morgan fingerprint density at radius 1 is 0.575 bits per heavy atom. The normalized spacial score (nSPS) is 24.8. The molecule has 4 heterocycles. The van der Waals surface area contributed by atoms with E-state index in [1.54, 1.807) is 38.1 Å². The first kappa shape index (κ1) is 58.6. The highest BCUT2D eigenvalue weighted by atomic mass is 32.2. The van der Waals surface area contributed by atoms with Crippen molar-refractivity contribution in [3.05, 3.63) is 95.6 Å². The third-order valence-electron chi connectivity index (χ3n) is 15.8. The minimum Gasteiger partial charge on any atom is -0.381 e. The van der Waals surface area contributed by atoms with E-state index in [-0.39, 0.29) is 49.0 Å². The standard InChI is InChI=1S/2C28H30F3N3O5S/c2*1-17-12-19(4-9-33-17)18-2-3-25(23(13-18)28(29,30)31)40(36,37)21-14-22(26(35)34-27(16-32)7-8-27)24(15-21)39-20-5-10-38-11-6-20/h2*2-4,9,12-13,20-22,24H,5-8,10-11,14-15H2,1H3,(H,34,35)/t2*21-,22-,24-/m10/s1. The summed E-state index contributed by atoms with van der Waals surface area (Å²) in [4.78, 5) is 32.9. The van der Waals surface area contributed by atoms with Gasteiger partial charge < -0.3 is 29.6 Å². The van der Waals surface area contributed by atoms with Crippen molar-refractivity contribution in [1.29, 1.82) is 10.5 Å². The number of alkyl halides is 6. The molecule has 6 atom stereocenters. The smallest absolute Gasteiger partial charge is 0.381 e. The molecule has 0 unspecified atom stereocenters. The predicted molar refractivity (Wildman–Crippen MR) is 275 cm³/mol. The number of amides is 2. The molecule has 2 N–H and O–H groups in total. The van der Waals surface area contributed by atoms with Gasteiger partial charge >= 0.3 is 12.4 Å². The number of benzene rings is 2. The number of aryl methyl sites for hydroxylation is 2. The third kappa shape index (κ3) is 13.2.